The van der Waals surface area contributed by atoms with E-state index < -0.39 is 17.8 Å². The van der Waals surface area contributed by atoms with Crippen molar-refractivity contribution in [1.82, 2.24) is 14.4 Å². The van der Waals surface area contributed by atoms with Crippen LogP contribution in [0.3, 0.4) is 0 Å². The molecule has 5 rings (SSSR count). The number of nitrogens with zero attached hydrogens (tertiary/aromatic N) is 3. The Hall–Kier alpha value is -3.53. The Morgan fingerprint density at radius 1 is 1.21 bits per heavy atom. The molecule has 1 saturated heterocycles. The van der Waals surface area contributed by atoms with E-state index in [1.54, 1.807) is 32.6 Å². The van der Waals surface area contributed by atoms with Crippen molar-refractivity contribution in [3.05, 3.63) is 60.0 Å². The maximum atomic E-state index is 13.2. The zero-order valence-corrected chi connectivity index (χ0v) is 18.6. The molecule has 1 unspecified atom stereocenters. The first kappa shape index (κ1) is 22.3. The van der Waals surface area contributed by atoms with Crippen LogP contribution >= 0.6 is 0 Å². The third kappa shape index (κ3) is 4.21. The standard InChI is InChI=1S/C24H23F3N4O3/c1-14(15-4-3-5-16(8-15)24(25,26)27)29-23-18-9-21(34-17-6-7-33-12-17)20(32-2)10-19(18)31-13-28-11-22(31)30-23/h3-5,8-11,13-14,17H,6-7,12H2,1-2H3,(H,29,30)/t14-,17?/m1/s1. The summed E-state index contributed by atoms with van der Waals surface area (Å²) in [6, 6.07) is 8.50. The molecule has 0 bridgehead atoms. The van der Waals surface area contributed by atoms with Gasteiger partial charge in [-0.05, 0) is 30.7 Å². The lowest BCUT2D eigenvalue weighted by atomic mass is 10.0. The highest BCUT2D eigenvalue weighted by Crippen LogP contribution is 2.38. The molecule has 0 saturated carbocycles. The van der Waals surface area contributed by atoms with E-state index in [-0.39, 0.29) is 6.10 Å². The van der Waals surface area contributed by atoms with Gasteiger partial charge < -0.3 is 19.5 Å². The molecule has 2 atom stereocenters. The molecule has 1 N–H and O–H groups in total. The molecule has 1 aliphatic heterocycles. The number of benzene rings is 2. The number of alkyl halides is 3. The van der Waals surface area contributed by atoms with Crippen molar-refractivity contribution >= 4 is 22.4 Å². The van der Waals surface area contributed by atoms with E-state index in [0.29, 0.717) is 41.7 Å². The van der Waals surface area contributed by atoms with Crippen LogP contribution in [0.15, 0.2) is 48.9 Å². The monoisotopic (exact) mass is 472 g/mol. The van der Waals surface area contributed by atoms with Crippen molar-refractivity contribution in [2.24, 2.45) is 0 Å². The van der Waals surface area contributed by atoms with Gasteiger partial charge in [-0.15, -0.1) is 0 Å². The van der Waals surface area contributed by atoms with Crippen LogP contribution in [0.2, 0.25) is 0 Å². The number of hydrogen-bond donors (Lipinski definition) is 1. The Bertz CT molecular complexity index is 1330. The number of rotatable bonds is 6. The number of anilines is 1. The number of fused-ring (bicyclic) bond motifs is 3. The summed E-state index contributed by atoms with van der Waals surface area (Å²) in [4.78, 5) is 8.86. The van der Waals surface area contributed by atoms with Crippen LogP contribution in [0.25, 0.3) is 16.6 Å². The summed E-state index contributed by atoms with van der Waals surface area (Å²) < 4.78 is 58.6. The Kier molecular flexibility index (Phi) is 5.68. The summed E-state index contributed by atoms with van der Waals surface area (Å²) in [5, 5.41) is 4.00. The van der Waals surface area contributed by atoms with Crippen molar-refractivity contribution in [3.63, 3.8) is 0 Å². The lowest BCUT2D eigenvalue weighted by Crippen LogP contribution is -2.16. The normalized spacial score (nSPS) is 17.3. The summed E-state index contributed by atoms with van der Waals surface area (Å²) in [5.74, 6) is 1.60. The predicted octanol–water partition coefficient (Wildman–Crippen LogP) is 5.25. The van der Waals surface area contributed by atoms with E-state index in [9.17, 15) is 13.2 Å². The highest BCUT2D eigenvalue weighted by molar-refractivity contribution is 5.94. The van der Waals surface area contributed by atoms with E-state index in [2.05, 4.69) is 15.3 Å². The molecule has 1 fully saturated rings. The minimum absolute atomic E-state index is 0.0864. The van der Waals surface area contributed by atoms with E-state index >= 15 is 0 Å². The molecule has 2 aromatic heterocycles. The van der Waals surface area contributed by atoms with Crippen LogP contribution in [-0.2, 0) is 10.9 Å². The molecule has 2 aromatic carbocycles. The molecule has 0 amide bonds. The lowest BCUT2D eigenvalue weighted by molar-refractivity contribution is -0.137. The SMILES string of the molecule is COc1cc2c(cc1OC1CCOC1)c(N[C@H](C)c1cccc(C(F)(F)F)c1)nc1cncn12. The van der Waals surface area contributed by atoms with Gasteiger partial charge in [-0.1, -0.05) is 12.1 Å². The van der Waals surface area contributed by atoms with Gasteiger partial charge in [0, 0.05) is 23.9 Å². The van der Waals surface area contributed by atoms with Crippen LogP contribution in [-0.4, -0.2) is 40.8 Å². The fourth-order valence-corrected chi connectivity index (χ4v) is 4.09. The minimum atomic E-state index is -4.41. The van der Waals surface area contributed by atoms with Gasteiger partial charge in [-0.25, -0.2) is 9.97 Å². The zero-order valence-electron chi connectivity index (χ0n) is 18.6. The quantitative estimate of drug-likeness (QED) is 0.413. The maximum Gasteiger partial charge on any atom is 0.416 e. The van der Waals surface area contributed by atoms with Gasteiger partial charge in [-0.2, -0.15) is 13.2 Å². The van der Waals surface area contributed by atoms with E-state index in [0.717, 1.165) is 29.5 Å². The lowest BCUT2D eigenvalue weighted by Gasteiger charge is -2.20. The van der Waals surface area contributed by atoms with Gasteiger partial charge in [0.2, 0.25) is 0 Å². The Morgan fingerprint density at radius 2 is 2.06 bits per heavy atom. The largest absolute Gasteiger partial charge is 0.493 e. The molecular weight excluding hydrogens is 449 g/mol. The highest BCUT2D eigenvalue weighted by Gasteiger charge is 2.31. The molecule has 0 radical (unpaired) electrons. The van der Waals surface area contributed by atoms with Crippen molar-refractivity contribution in [2.75, 3.05) is 25.6 Å². The molecular formula is C24H23F3N4O3. The van der Waals surface area contributed by atoms with E-state index in [1.165, 1.54) is 6.07 Å². The van der Waals surface area contributed by atoms with Crippen molar-refractivity contribution in [3.8, 4) is 11.5 Å². The third-order valence-corrected chi connectivity index (χ3v) is 5.89. The van der Waals surface area contributed by atoms with Crippen LogP contribution in [0.4, 0.5) is 19.0 Å². The smallest absolute Gasteiger partial charge is 0.416 e. The molecule has 7 nitrogen and oxygen atoms in total. The summed E-state index contributed by atoms with van der Waals surface area (Å²) in [6.07, 6.45) is -0.458. The number of nitrogens with one attached hydrogen (secondary N) is 1. The number of hydrogen-bond acceptors (Lipinski definition) is 6. The van der Waals surface area contributed by atoms with Gasteiger partial charge in [0.05, 0.1) is 37.6 Å². The Labute approximate surface area is 193 Å². The van der Waals surface area contributed by atoms with Crippen LogP contribution in [0.1, 0.15) is 30.5 Å². The van der Waals surface area contributed by atoms with Gasteiger partial charge in [0.15, 0.2) is 17.1 Å². The number of methoxy groups -OCH3 is 1. The number of ether oxygens (including phenoxy) is 3. The predicted molar refractivity (Wildman–Crippen MR) is 120 cm³/mol. The summed E-state index contributed by atoms with van der Waals surface area (Å²) in [7, 11) is 1.57. The Balaban J connectivity index is 1.57. The summed E-state index contributed by atoms with van der Waals surface area (Å²) in [5.41, 5.74) is 1.16. The second-order valence-electron chi connectivity index (χ2n) is 8.20. The molecule has 0 aliphatic carbocycles. The first-order chi connectivity index (χ1) is 16.3. The van der Waals surface area contributed by atoms with E-state index in [1.807, 2.05) is 16.5 Å². The van der Waals surface area contributed by atoms with Crippen molar-refractivity contribution in [1.29, 1.82) is 0 Å². The molecule has 10 heteroatoms. The first-order valence-corrected chi connectivity index (χ1v) is 10.9. The zero-order chi connectivity index (χ0) is 23.9. The average molecular weight is 472 g/mol. The fourth-order valence-electron chi connectivity index (χ4n) is 4.09. The molecule has 1 aliphatic rings. The fraction of sp³-hybridized carbons (Fsp3) is 0.333. The topological polar surface area (TPSA) is 69.9 Å². The van der Waals surface area contributed by atoms with Crippen LogP contribution < -0.4 is 14.8 Å². The van der Waals surface area contributed by atoms with Gasteiger partial charge in [0.1, 0.15) is 18.2 Å². The summed E-state index contributed by atoms with van der Waals surface area (Å²) in [6.45, 7) is 2.93. The molecule has 3 heterocycles. The van der Waals surface area contributed by atoms with Gasteiger partial charge in [-0.3, -0.25) is 4.40 Å². The third-order valence-electron chi connectivity index (χ3n) is 5.89. The Morgan fingerprint density at radius 3 is 2.79 bits per heavy atom. The molecule has 0 spiro atoms. The second-order valence-corrected chi connectivity index (χ2v) is 8.20. The van der Waals surface area contributed by atoms with Crippen LogP contribution in [0, 0.1) is 0 Å². The first-order valence-electron chi connectivity index (χ1n) is 10.9. The molecule has 178 valence electrons. The average Bonchev–Trinajstić information content (AvgIpc) is 3.50. The minimum Gasteiger partial charge on any atom is -0.493 e. The van der Waals surface area contributed by atoms with Crippen molar-refractivity contribution in [2.45, 2.75) is 31.7 Å². The van der Waals surface area contributed by atoms with Gasteiger partial charge in [0.25, 0.3) is 0 Å². The van der Waals surface area contributed by atoms with Crippen molar-refractivity contribution < 1.29 is 27.4 Å². The van der Waals surface area contributed by atoms with Gasteiger partial charge >= 0.3 is 6.18 Å². The molecule has 4 aromatic rings. The second kappa shape index (κ2) is 8.68. The van der Waals surface area contributed by atoms with E-state index in [4.69, 9.17) is 14.2 Å². The number of halogens is 3. The maximum absolute atomic E-state index is 13.2. The molecule has 34 heavy (non-hydrogen) atoms. The highest BCUT2D eigenvalue weighted by atomic mass is 19.4. The van der Waals surface area contributed by atoms with Crippen LogP contribution in [0.5, 0.6) is 11.5 Å². The summed E-state index contributed by atoms with van der Waals surface area (Å²) >= 11 is 0. The number of aromatic nitrogens is 3. The number of imidazole rings is 1.